The molecule has 1 saturated heterocycles. The zero-order valence-corrected chi connectivity index (χ0v) is 9.56. The van der Waals surface area contributed by atoms with Crippen molar-refractivity contribution in [2.45, 2.75) is 30.9 Å². The topological polar surface area (TPSA) is 75.3 Å². The average molecular weight is 232 g/mol. The Morgan fingerprint density at radius 2 is 2.13 bits per heavy atom. The second kappa shape index (κ2) is 3.45. The van der Waals surface area contributed by atoms with Crippen molar-refractivity contribution in [3.8, 4) is 0 Å². The summed E-state index contributed by atoms with van der Waals surface area (Å²) in [5.74, 6) is -0.546. The molecule has 0 bridgehead atoms. The van der Waals surface area contributed by atoms with Crippen LogP contribution in [0.5, 0.6) is 0 Å². The molecule has 1 heterocycles. The molecular formula is C9H16N2O3S. The zero-order valence-electron chi connectivity index (χ0n) is 8.75. The summed E-state index contributed by atoms with van der Waals surface area (Å²) in [6.07, 6.45) is 2.02. The highest BCUT2D eigenvalue weighted by Gasteiger charge is 2.51. The predicted molar refractivity (Wildman–Crippen MR) is 55.7 cm³/mol. The van der Waals surface area contributed by atoms with Crippen molar-refractivity contribution < 1.29 is 13.2 Å². The molecule has 1 atom stereocenters. The van der Waals surface area contributed by atoms with Crippen LogP contribution in [0.3, 0.4) is 0 Å². The Hall–Kier alpha value is -0.620. The normalized spacial score (nSPS) is 28.7. The molecule has 1 aliphatic carbocycles. The van der Waals surface area contributed by atoms with Crippen molar-refractivity contribution in [3.63, 3.8) is 0 Å². The number of amides is 1. The van der Waals surface area contributed by atoms with Crippen molar-refractivity contribution >= 4 is 15.9 Å². The summed E-state index contributed by atoms with van der Waals surface area (Å²) in [6, 6.07) is 0. The number of rotatable bonds is 3. The predicted octanol–water partition coefficient (Wildman–Crippen LogP) is -0.406. The van der Waals surface area contributed by atoms with E-state index in [1.165, 1.54) is 0 Å². The van der Waals surface area contributed by atoms with E-state index in [1.54, 1.807) is 6.92 Å². The Balaban J connectivity index is 1.99. The maximum absolute atomic E-state index is 11.7. The lowest BCUT2D eigenvalue weighted by molar-refractivity contribution is -0.122. The van der Waals surface area contributed by atoms with Crippen LogP contribution in [0.1, 0.15) is 26.2 Å². The Bertz CT molecular complexity index is 367. The summed E-state index contributed by atoms with van der Waals surface area (Å²) in [5, 5.41) is 3.04. The van der Waals surface area contributed by atoms with E-state index in [0.717, 1.165) is 13.0 Å². The van der Waals surface area contributed by atoms with Gasteiger partial charge in [-0.25, -0.2) is 8.42 Å². The molecule has 0 aromatic carbocycles. The van der Waals surface area contributed by atoms with Gasteiger partial charge in [-0.2, -0.15) is 0 Å². The molecular weight excluding hydrogens is 216 g/mol. The molecule has 0 aromatic heterocycles. The molecule has 1 amide bonds. The number of nitrogens with one attached hydrogen (secondary N) is 2. The van der Waals surface area contributed by atoms with Gasteiger partial charge in [-0.15, -0.1) is 0 Å². The first-order valence-electron chi connectivity index (χ1n) is 5.22. The molecule has 15 heavy (non-hydrogen) atoms. The van der Waals surface area contributed by atoms with Crippen LogP contribution in [0, 0.1) is 5.92 Å². The van der Waals surface area contributed by atoms with Gasteiger partial charge in [-0.05, 0) is 32.7 Å². The fraction of sp³-hybridized carbons (Fsp3) is 0.889. The molecule has 0 radical (unpaired) electrons. The standard InChI is InChI=1S/C9H16N2O3S/c1-9(3-4-9)15(13,14)11-8(12)7-2-5-10-6-7/h7,10H,2-6H2,1H3,(H,11,12)/t7-/m1/s1. The number of carbonyl (C=O) groups excluding carboxylic acids is 1. The molecule has 1 saturated carbocycles. The highest BCUT2D eigenvalue weighted by molar-refractivity contribution is 7.91. The molecule has 6 heteroatoms. The smallest absolute Gasteiger partial charge is 0.240 e. The summed E-state index contributed by atoms with van der Waals surface area (Å²) >= 11 is 0. The highest BCUT2D eigenvalue weighted by Crippen LogP contribution is 2.42. The van der Waals surface area contributed by atoms with Gasteiger partial charge >= 0.3 is 0 Å². The summed E-state index contributed by atoms with van der Waals surface area (Å²) in [4.78, 5) is 11.6. The van der Waals surface area contributed by atoms with Gasteiger partial charge in [0.15, 0.2) is 0 Å². The van der Waals surface area contributed by atoms with E-state index in [4.69, 9.17) is 0 Å². The molecule has 2 fully saturated rings. The van der Waals surface area contributed by atoms with Gasteiger partial charge in [0.1, 0.15) is 0 Å². The SMILES string of the molecule is CC1(S(=O)(=O)NC(=O)[C@@H]2CCNC2)CC1. The van der Waals surface area contributed by atoms with Gasteiger partial charge in [0.05, 0.1) is 10.7 Å². The van der Waals surface area contributed by atoms with E-state index in [2.05, 4.69) is 10.0 Å². The van der Waals surface area contributed by atoms with Crippen LogP contribution in [-0.2, 0) is 14.8 Å². The molecule has 5 nitrogen and oxygen atoms in total. The van der Waals surface area contributed by atoms with E-state index in [-0.39, 0.29) is 11.8 Å². The Kier molecular flexibility index (Phi) is 2.50. The largest absolute Gasteiger partial charge is 0.316 e. The van der Waals surface area contributed by atoms with Crippen LogP contribution in [0.15, 0.2) is 0 Å². The molecule has 2 N–H and O–H groups in total. The highest BCUT2D eigenvalue weighted by atomic mass is 32.2. The van der Waals surface area contributed by atoms with Crippen molar-refractivity contribution in [3.05, 3.63) is 0 Å². The minimum absolute atomic E-state index is 0.192. The lowest BCUT2D eigenvalue weighted by atomic mass is 10.1. The lowest BCUT2D eigenvalue weighted by Gasteiger charge is -2.14. The molecule has 2 rings (SSSR count). The van der Waals surface area contributed by atoms with E-state index in [1.807, 2.05) is 0 Å². The first-order chi connectivity index (χ1) is 6.95. The van der Waals surface area contributed by atoms with Crippen LogP contribution in [0.25, 0.3) is 0 Å². The molecule has 0 spiro atoms. The molecule has 86 valence electrons. The second-order valence-corrected chi connectivity index (χ2v) is 6.81. The number of carbonyl (C=O) groups is 1. The van der Waals surface area contributed by atoms with E-state index in [0.29, 0.717) is 19.4 Å². The van der Waals surface area contributed by atoms with E-state index >= 15 is 0 Å². The Labute approximate surface area is 89.7 Å². The van der Waals surface area contributed by atoms with Crippen LogP contribution < -0.4 is 10.0 Å². The molecule has 2 aliphatic rings. The first-order valence-corrected chi connectivity index (χ1v) is 6.70. The summed E-state index contributed by atoms with van der Waals surface area (Å²) in [6.45, 7) is 3.04. The maximum Gasteiger partial charge on any atom is 0.240 e. The van der Waals surface area contributed by atoms with Crippen molar-refractivity contribution in [2.24, 2.45) is 5.92 Å². The summed E-state index contributed by atoms with van der Waals surface area (Å²) in [7, 11) is -3.45. The number of hydrogen-bond donors (Lipinski definition) is 2. The number of hydrogen-bond acceptors (Lipinski definition) is 4. The van der Waals surface area contributed by atoms with Gasteiger partial charge in [-0.1, -0.05) is 0 Å². The Morgan fingerprint density at radius 3 is 2.60 bits per heavy atom. The maximum atomic E-state index is 11.7. The quantitative estimate of drug-likeness (QED) is 0.694. The zero-order chi connectivity index (χ0) is 11.1. The van der Waals surface area contributed by atoms with Gasteiger partial charge in [0.2, 0.25) is 15.9 Å². The van der Waals surface area contributed by atoms with E-state index in [9.17, 15) is 13.2 Å². The minimum Gasteiger partial charge on any atom is -0.316 e. The Morgan fingerprint density at radius 1 is 1.47 bits per heavy atom. The van der Waals surface area contributed by atoms with Crippen molar-refractivity contribution in [1.29, 1.82) is 0 Å². The van der Waals surface area contributed by atoms with Crippen LogP contribution in [-0.4, -0.2) is 32.2 Å². The summed E-state index contributed by atoms with van der Waals surface area (Å²) < 4.78 is 25.0. The van der Waals surface area contributed by atoms with Crippen LogP contribution in [0.4, 0.5) is 0 Å². The third-order valence-electron chi connectivity index (χ3n) is 3.27. The van der Waals surface area contributed by atoms with E-state index < -0.39 is 14.8 Å². The van der Waals surface area contributed by atoms with Crippen LogP contribution in [0.2, 0.25) is 0 Å². The molecule has 0 aromatic rings. The van der Waals surface area contributed by atoms with Crippen molar-refractivity contribution in [1.82, 2.24) is 10.0 Å². The monoisotopic (exact) mass is 232 g/mol. The minimum atomic E-state index is -3.45. The fourth-order valence-electron chi connectivity index (χ4n) is 1.66. The molecule has 1 aliphatic heterocycles. The molecule has 0 unspecified atom stereocenters. The summed E-state index contributed by atoms with van der Waals surface area (Å²) in [5.41, 5.74) is 0. The van der Waals surface area contributed by atoms with Crippen LogP contribution >= 0.6 is 0 Å². The fourth-order valence-corrected chi connectivity index (χ4v) is 2.98. The van der Waals surface area contributed by atoms with Gasteiger partial charge in [-0.3, -0.25) is 9.52 Å². The van der Waals surface area contributed by atoms with Gasteiger partial charge in [0.25, 0.3) is 0 Å². The van der Waals surface area contributed by atoms with Gasteiger partial charge in [0, 0.05) is 6.54 Å². The third-order valence-corrected chi connectivity index (χ3v) is 5.44. The first kappa shape index (κ1) is 10.9. The lowest BCUT2D eigenvalue weighted by Crippen LogP contribution is -2.41. The van der Waals surface area contributed by atoms with Crippen molar-refractivity contribution in [2.75, 3.05) is 13.1 Å². The third kappa shape index (κ3) is 2.01. The average Bonchev–Trinajstić information content (AvgIpc) is 2.71. The second-order valence-electron chi connectivity index (χ2n) is 4.61. The number of sulfonamides is 1. The van der Waals surface area contributed by atoms with Gasteiger partial charge < -0.3 is 5.32 Å².